The molecule has 1 aromatic carbocycles. The van der Waals surface area contributed by atoms with Crippen LogP contribution in [0, 0.1) is 12.5 Å². The van der Waals surface area contributed by atoms with Gasteiger partial charge in [-0.25, -0.2) is 0 Å². The van der Waals surface area contributed by atoms with Crippen molar-refractivity contribution in [3.8, 4) is 0 Å². The van der Waals surface area contributed by atoms with E-state index < -0.39 is 0 Å². The summed E-state index contributed by atoms with van der Waals surface area (Å²) in [6.45, 7) is 4.00. The van der Waals surface area contributed by atoms with E-state index in [-0.39, 0.29) is 18.6 Å². The van der Waals surface area contributed by atoms with Gasteiger partial charge in [-0.2, -0.15) is 50.2 Å². The Morgan fingerprint density at radius 3 is 1.50 bits per heavy atom. The summed E-state index contributed by atoms with van der Waals surface area (Å²) in [5.74, 6) is 0. The topological polar surface area (TPSA) is 0 Å². The van der Waals surface area contributed by atoms with Crippen LogP contribution in [0.1, 0.15) is 13.8 Å². The smallest absolute Gasteiger partial charge is 0.335 e. The molecule has 1 radical (unpaired) electrons. The van der Waals surface area contributed by atoms with Crippen molar-refractivity contribution in [1.82, 2.24) is 0 Å². The fourth-order valence-corrected chi connectivity index (χ4v) is 0.342. The van der Waals surface area contributed by atoms with Gasteiger partial charge in [0.05, 0.1) is 0 Å². The average molecular weight is 171 g/mol. The van der Waals surface area contributed by atoms with E-state index in [1.165, 1.54) is 0 Å². The van der Waals surface area contributed by atoms with Gasteiger partial charge in [0.2, 0.25) is 0 Å². The molecule has 0 saturated heterocycles. The van der Waals surface area contributed by atoms with Gasteiger partial charge in [-0.15, -0.1) is 0 Å². The predicted octanol–water partition coefficient (Wildman–Crippen LogP) is 2.71. The minimum Gasteiger partial charge on any atom is -0.335 e. The van der Waals surface area contributed by atoms with Crippen molar-refractivity contribution >= 4 is 0 Å². The van der Waals surface area contributed by atoms with Crippen molar-refractivity contribution in [2.75, 3.05) is 0 Å². The van der Waals surface area contributed by atoms with Gasteiger partial charge in [0.15, 0.2) is 0 Å². The van der Waals surface area contributed by atoms with Crippen LogP contribution in [0.2, 0.25) is 0 Å². The zero-order valence-corrected chi connectivity index (χ0v) is 7.81. The maximum Gasteiger partial charge on any atom is 2.00 e. The zero-order chi connectivity index (χ0) is 6.95. The summed E-state index contributed by atoms with van der Waals surface area (Å²) in [4.78, 5) is 0. The number of benzene rings is 1. The summed E-state index contributed by atoms with van der Waals surface area (Å²) in [5, 5.41) is 0. The van der Waals surface area contributed by atoms with Gasteiger partial charge in [-0.1, -0.05) is 0 Å². The van der Waals surface area contributed by atoms with Crippen molar-refractivity contribution in [2.45, 2.75) is 13.8 Å². The van der Waals surface area contributed by atoms with Crippen molar-refractivity contribution in [1.29, 1.82) is 0 Å². The molecule has 0 aliphatic heterocycles. The molecule has 0 saturated carbocycles. The van der Waals surface area contributed by atoms with Crippen LogP contribution < -0.4 is 0 Å². The van der Waals surface area contributed by atoms with Crippen LogP contribution in [0.3, 0.4) is 0 Å². The molecule has 0 aliphatic rings. The monoisotopic (exact) mass is 171 g/mol. The number of rotatable bonds is 0. The Labute approximate surface area is 75.5 Å². The maximum atomic E-state index is 2.89. The van der Waals surface area contributed by atoms with Crippen LogP contribution in [0.15, 0.2) is 30.3 Å². The van der Waals surface area contributed by atoms with E-state index in [1.54, 1.807) is 0 Å². The van der Waals surface area contributed by atoms with E-state index in [0.29, 0.717) is 0 Å². The van der Waals surface area contributed by atoms with E-state index >= 15 is 0 Å². The summed E-state index contributed by atoms with van der Waals surface area (Å²) in [5.41, 5.74) is 0. The molecular formula is C9H12V. The molecule has 0 spiro atoms. The summed E-state index contributed by atoms with van der Waals surface area (Å²) < 4.78 is 0. The van der Waals surface area contributed by atoms with E-state index in [9.17, 15) is 0 Å². The Bertz CT molecular complexity index is 87.6. The summed E-state index contributed by atoms with van der Waals surface area (Å²) in [6.07, 6.45) is 2.00. The Morgan fingerprint density at radius 2 is 1.40 bits per heavy atom. The van der Waals surface area contributed by atoms with Gasteiger partial charge >= 0.3 is 18.6 Å². The molecule has 53 valence electrons. The molecule has 1 aromatic rings. The third-order valence-corrected chi connectivity index (χ3v) is 0.607. The molecule has 0 bridgehead atoms. The SMILES string of the molecule is C[CH-]C.[V+2].[c-]1ccccc1. The third kappa shape index (κ3) is 10.7. The Balaban J connectivity index is 0. The quantitative estimate of drug-likeness (QED) is 0.526. The van der Waals surface area contributed by atoms with Crippen LogP contribution in [0.25, 0.3) is 0 Å². The standard InChI is InChI=1S/C6H5.C3H7.V/c1-2-4-6-5-3-1;1-3-2;/h1-5H;3H,1-2H3;/q2*-1;+2. The molecule has 0 N–H and O–H groups in total. The molecule has 0 unspecified atom stereocenters. The molecule has 1 rings (SSSR count). The second kappa shape index (κ2) is 11.6. The first-order chi connectivity index (χ1) is 4.41. The molecular weight excluding hydrogens is 159 g/mol. The molecule has 0 nitrogen and oxygen atoms in total. The van der Waals surface area contributed by atoms with Crippen molar-refractivity contribution < 1.29 is 18.6 Å². The molecule has 0 atom stereocenters. The molecule has 0 heterocycles. The first kappa shape index (κ1) is 12.5. The largest absolute Gasteiger partial charge is 2.00 e. The average Bonchev–Trinajstić information content (AvgIpc) is 1.93. The Kier molecular flexibility index (Phi) is 14.5. The predicted molar refractivity (Wildman–Crippen MR) is 40.9 cm³/mol. The van der Waals surface area contributed by atoms with E-state index in [2.05, 4.69) is 6.07 Å². The normalized spacial score (nSPS) is 6.60. The van der Waals surface area contributed by atoms with Gasteiger partial charge in [0, 0.05) is 0 Å². The van der Waals surface area contributed by atoms with Crippen LogP contribution >= 0.6 is 0 Å². The molecule has 1 heteroatoms. The minimum absolute atomic E-state index is 0. The molecule has 0 aromatic heterocycles. The van der Waals surface area contributed by atoms with Gasteiger partial charge in [0.25, 0.3) is 0 Å². The Hall–Kier alpha value is -0.196. The first-order valence-corrected chi connectivity index (χ1v) is 3.07. The maximum absolute atomic E-state index is 2.89. The molecule has 10 heavy (non-hydrogen) atoms. The van der Waals surface area contributed by atoms with E-state index in [4.69, 9.17) is 0 Å². The molecule has 0 amide bonds. The Morgan fingerprint density at radius 1 is 1.00 bits per heavy atom. The summed E-state index contributed by atoms with van der Waals surface area (Å²) in [6, 6.07) is 12.5. The van der Waals surface area contributed by atoms with Crippen molar-refractivity contribution in [3.05, 3.63) is 42.8 Å². The summed E-state index contributed by atoms with van der Waals surface area (Å²) >= 11 is 0. The minimum atomic E-state index is 0. The molecule has 0 fully saturated rings. The number of hydrogen-bond acceptors (Lipinski definition) is 0. The van der Waals surface area contributed by atoms with Gasteiger partial charge in [0.1, 0.15) is 0 Å². The van der Waals surface area contributed by atoms with Gasteiger partial charge < -0.3 is 6.42 Å². The fourth-order valence-electron chi connectivity index (χ4n) is 0.342. The molecule has 0 aliphatic carbocycles. The van der Waals surface area contributed by atoms with Crippen molar-refractivity contribution in [3.63, 3.8) is 0 Å². The van der Waals surface area contributed by atoms with Gasteiger partial charge in [-0.05, 0) is 0 Å². The van der Waals surface area contributed by atoms with Crippen LogP contribution in [-0.2, 0) is 18.6 Å². The van der Waals surface area contributed by atoms with Crippen LogP contribution in [0.4, 0.5) is 0 Å². The van der Waals surface area contributed by atoms with Crippen LogP contribution in [-0.4, -0.2) is 0 Å². The second-order valence-corrected chi connectivity index (χ2v) is 1.65. The van der Waals surface area contributed by atoms with Gasteiger partial charge in [-0.3, -0.25) is 0 Å². The first-order valence-electron chi connectivity index (χ1n) is 3.07. The zero-order valence-electron chi connectivity index (χ0n) is 6.41. The fraction of sp³-hybridized carbons (Fsp3) is 0.222. The summed E-state index contributed by atoms with van der Waals surface area (Å²) in [7, 11) is 0. The third-order valence-electron chi connectivity index (χ3n) is 0.607. The van der Waals surface area contributed by atoms with E-state index in [1.807, 2.05) is 50.6 Å². The number of hydrogen-bond donors (Lipinski definition) is 0. The second-order valence-electron chi connectivity index (χ2n) is 1.65. The van der Waals surface area contributed by atoms with Crippen molar-refractivity contribution in [2.24, 2.45) is 0 Å². The van der Waals surface area contributed by atoms with E-state index in [0.717, 1.165) is 0 Å². The van der Waals surface area contributed by atoms with Crippen LogP contribution in [0.5, 0.6) is 0 Å².